The molecule has 0 heterocycles. The third kappa shape index (κ3) is 3.24. The van der Waals surface area contributed by atoms with Crippen molar-refractivity contribution in [3.63, 3.8) is 0 Å². The number of rotatable bonds is 4. The zero-order valence-corrected chi connectivity index (χ0v) is 13.7. The van der Waals surface area contributed by atoms with Gasteiger partial charge in [-0.1, -0.05) is 18.2 Å². The summed E-state index contributed by atoms with van der Waals surface area (Å²) in [5.41, 5.74) is 5.28. The Hall–Kier alpha value is -2.29. The SMILES string of the molecule is CCOC(=O)c1cc2c(cc1-c1ccc(OC)cc1)CCCC2. The number of hydrogen-bond donors (Lipinski definition) is 0. The molecule has 0 aliphatic heterocycles. The number of esters is 1. The molecule has 0 saturated heterocycles. The summed E-state index contributed by atoms with van der Waals surface area (Å²) in [5.74, 6) is 0.566. The highest BCUT2D eigenvalue weighted by atomic mass is 16.5. The molecule has 3 heteroatoms. The summed E-state index contributed by atoms with van der Waals surface area (Å²) >= 11 is 0. The maximum absolute atomic E-state index is 12.4. The van der Waals surface area contributed by atoms with Crippen molar-refractivity contribution in [1.82, 2.24) is 0 Å². The Morgan fingerprint density at radius 1 is 1.04 bits per heavy atom. The number of aryl methyl sites for hydroxylation is 2. The van der Waals surface area contributed by atoms with E-state index in [1.165, 1.54) is 24.0 Å². The average Bonchev–Trinajstić information content (AvgIpc) is 2.61. The van der Waals surface area contributed by atoms with E-state index >= 15 is 0 Å². The molecule has 0 spiro atoms. The summed E-state index contributed by atoms with van der Waals surface area (Å²) in [6, 6.07) is 12.0. The zero-order valence-electron chi connectivity index (χ0n) is 13.7. The Bertz CT molecular complexity index is 702. The normalized spacial score (nSPS) is 13.3. The van der Waals surface area contributed by atoms with Crippen LogP contribution < -0.4 is 4.74 Å². The van der Waals surface area contributed by atoms with Crippen LogP contribution in [0.1, 0.15) is 41.3 Å². The maximum atomic E-state index is 12.4. The molecule has 1 aliphatic rings. The molecule has 1 aliphatic carbocycles. The lowest BCUT2D eigenvalue weighted by Crippen LogP contribution is -2.11. The number of methoxy groups -OCH3 is 1. The second kappa shape index (κ2) is 6.86. The number of ether oxygens (including phenoxy) is 2. The zero-order chi connectivity index (χ0) is 16.2. The molecule has 0 amide bonds. The minimum absolute atomic E-state index is 0.244. The highest BCUT2D eigenvalue weighted by Crippen LogP contribution is 2.32. The first-order valence-corrected chi connectivity index (χ1v) is 8.20. The van der Waals surface area contributed by atoms with Gasteiger partial charge in [-0.3, -0.25) is 0 Å². The Kier molecular flexibility index (Phi) is 4.65. The first-order valence-electron chi connectivity index (χ1n) is 8.20. The number of carbonyl (C=O) groups excluding carboxylic acids is 1. The molecule has 2 aromatic rings. The second-order valence-corrected chi connectivity index (χ2v) is 5.82. The van der Waals surface area contributed by atoms with E-state index in [2.05, 4.69) is 6.07 Å². The van der Waals surface area contributed by atoms with Gasteiger partial charge in [-0.05, 0) is 73.1 Å². The van der Waals surface area contributed by atoms with E-state index in [0.29, 0.717) is 12.2 Å². The van der Waals surface area contributed by atoms with E-state index in [1.807, 2.05) is 37.3 Å². The lowest BCUT2D eigenvalue weighted by Gasteiger charge is -2.19. The van der Waals surface area contributed by atoms with E-state index in [-0.39, 0.29) is 5.97 Å². The van der Waals surface area contributed by atoms with E-state index in [4.69, 9.17) is 9.47 Å². The molecule has 0 N–H and O–H groups in total. The van der Waals surface area contributed by atoms with Gasteiger partial charge in [0.2, 0.25) is 0 Å². The standard InChI is InChI=1S/C20H22O3/c1-3-23-20(21)19-13-16-7-5-4-6-15(16)12-18(19)14-8-10-17(22-2)11-9-14/h8-13H,3-7H2,1-2H3. The van der Waals surface area contributed by atoms with E-state index in [1.54, 1.807) is 7.11 Å². The third-order valence-electron chi connectivity index (χ3n) is 4.38. The fraction of sp³-hybridized carbons (Fsp3) is 0.350. The van der Waals surface area contributed by atoms with Gasteiger partial charge in [0.15, 0.2) is 0 Å². The van der Waals surface area contributed by atoms with Crippen LogP contribution in [-0.2, 0) is 17.6 Å². The van der Waals surface area contributed by atoms with E-state index < -0.39 is 0 Å². The van der Waals surface area contributed by atoms with Gasteiger partial charge in [0, 0.05) is 0 Å². The first kappa shape index (κ1) is 15.6. The summed E-state index contributed by atoms with van der Waals surface area (Å²) in [6.07, 6.45) is 4.54. The van der Waals surface area contributed by atoms with Gasteiger partial charge in [-0.15, -0.1) is 0 Å². The molecule has 0 fully saturated rings. The van der Waals surface area contributed by atoms with Crippen LogP contribution in [0, 0.1) is 0 Å². The summed E-state index contributed by atoms with van der Waals surface area (Å²) < 4.78 is 10.5. The topological polar surface area (TPSA) is 35.5 Å². The highest BCUT2D eigenvalue weighted by Gasteiger charge is 2.19. The van der Waals surface area contributed by atoms with Crippen LogP contribution in [-0.4, -0.2) is 19.7 Å². The van der Waals surface area contributed by atoms with Gasteiger partial charge < -0.3 is 9.47 Å². The van der Waals surface area contributed by atoms with Crippen molar-refractivity contribution in [2.75, 3.05) is 13.7 Å². The molecule has 0 aromatic heterocycles. The molecule has 0 unspecified atom stereocenters. The molecule has 120 valence electrons. The van der Waals surface area contributed by atoms with Crippen molar-refractivity contribution in [1.29, 1.82) is 0 Å². The van der Waals surface area contributed by atoms with E-state index in [9.17, 15) is 4.79 Å². The Morgan fingerprint density at radius 3 is 2.30 bits per heavy atom. The highest BCUT2D eigenvalue weighted by molar-refractivity contribution is 5.98. The molecule has 0 radical (unpaired) electrons. The summed E-state index contributed by atoms with van der Waals surface area (Å²) in [6.45, 7) is 2.22. The number of hydrogen-bond acceptors (Lipinski definition) is 3. The van der Waals surface area contributed by atoms with Crippen molar-refractivity contribution in [2.24, 2.45) is 0 Å². The summed E-state index contributed by atoms with van der Waals surface area (Å²) in [5, 5.41) is 0. The number of benzene rings is 2. The molecule has 0 saturated carbocycles. The Labute approximate surface area is 137 Å². The van der Waals surface area contributed by atoms with Crippen molar-refractivity contribution in [2.45, 2.75) is 32.6 Å². The predicted octanol–water partition coefficient (Wildman–Crippen LogP) is 4.42. The molecule has 23 heavy (non-hydrogen) atoms. The number of fused-ring (bicyclic) bond motifs is 1. The molecular weight excluding hydrogens is 288 g/mol. The van der Waals surface area contributed by atoms with Gasteiger partial charge >= 0.3 is 5.97 Å². The van der Waals surface area contributed by atoms with Gasteiger partial charge in [-0.25, -0.2) is 4.79 Å². The van der Waals surface area contributed by atoms with E-state index in [0.717, 1.165) is 29.7 Å². The van der Waals surface area contributed by atoms with Crippen molar-refractivity contribution >= 4 is 5.97 Å². The predicted molar refractivity (Wildman–Crippen MR) is 91.0 cm³/mol. The summed E-state index contributed by atoms with van der Waals surface area (Å²) in [7, 11) is 1.65. The smallest absolute Gasteiger partial charge is 0.338 e. The molecule has 0 atom stereocenters. The molecular formula is C20H22O3. The van der Waals surface area contributed by atoms with Gasteiger partial charge in [0.05, 0.1) is 19.3 Å². The minimum atomic E-state index is -0.244. The van der Waals surface area contributed by atoms with Gasteiger partial charge in [-0.2, -0.15) is 0 Å². The fourth-order valence-electron chi connectivity index (χ4n) is 3.17. The quantitative estimate of drug-likeness (QED) is 0.784. The first-order chi connectivity index (χ1) is 11.2. The van der Waals surface area contributed by atoms with Crippen LogP contribution in [0.15, 0.2) is 36.4 Å². The third-order valence-corrected chi connectivity index (χ3v) is 4.38. The lowest BCUT2D eigenvalue weighted by atomic mass is 9.86. The maximum Gasteiger partial charge on any atom is 0.338 e. The van der Waals surface area contributed by atoms with Crippen molar-refractivity contribution in [3.05, 3.63) is 53.1 Å². The second-order valence-electron chi connectivity index (χ2n) is 5.82. The van der Waals surface area contributed by atoms with Crippen LogP contribution in [0.4, 0.5) is 0 Å². The largest absolute Gasteiger partial charge is 0.497 e. The minimum Gasteiger partial charge on any atom is -0.497 e. The van der Waals surface area contributed by atoms with Crippen LogP contribution in [0.5, 0.6) is 5.75 Å². The fourth-order valence-corrected chi connectivity index (χ4v) is 3.17. The Balaban J connectivity index is 2.09. The Morgan fingerprint density at radius 2 is 1.70 bits per heavy atom. The molecule has 3 rings (SSSR count). The van der Waals surface area contributed by atoms with Crippen molar-refractivity contribution in [3.8, 4) is 16.9 Å². The van der Waals surface area contributed by atoms with Crippen LogP contribution in [0.3, 0.4) is 0 Å². The number of carbonyl (C=O) groups is 1. The van der Waals surface area contributed by atoms with Crippen LogP contribution in [0.2, 0.25) is 0 Å². The lowest BCUT2D eigenvalue weighted by molar-refractivity contribution is 0.0527. The van der Waals surface area contributed by atoms with Crippen LogP contribution in [0.25, 0.3) is 11.1 Å². The monoisotopic (exact) mass is 310 g/mol. The van der Waals surface area contributed by atoms with Gasteiger partial charge in [0.25, 0.3) is 0 Å². The molecule has 3 nitrogen and oxygen atoms in total. The van der Waals surface area contributed by atoms with Gasteiger partial charge in [0.1, 0.15) is 5.75 Å². The van der Waals surface area contributed by atoms with Crippen LogP contribution >= 0.6 is 0 Å². The summed E-state index contributed by atoms with van der Waals surface area (Å²) in [4.78, 5) is 12.4. The molecule has 0 bridgehead atoms. The van der Waals surface area contributed by atoms with Crippen molar-refractivity contribution < 1.29 is 14.3 Å². The average molecular weight is 310 g/mol. The molecule has 2 aromatic carbocycles.